The number of allylic oxidation sites excluding steroid dienone is 4. The maximum Gasteiger partial charge on any atom is 0.345 e. The van der Waals surface area contributed by atoms with Gasteiger partial charge < -0.3 is 14.4 Å². The highest BCUT2D eigenvalue weighted by Crippen LogP contribution is 2.35. The number of ether oxygens (including phenoxy) is 2. The minimum Gasteiger partial charge on any atom is -0.452 e. The normalized spacial score (nSPS) is 19.1. The van der Waals surface area contributed by atoms with E-state index in [0.29, 0.717) is 40.8 Å². The first kappa shape index (κ1) is 31.6. The van der Waals surface area contributed by atoms with Crippen LogP contribution in [-0.2, 0) is 16.1 Å². The van der Waals surface area contributed by atoms with Gasteiger partial charge in [-0.1, -0.05) is 81.6 Å². The zero-order valence-corrected chi connectivity index (χ0v) is 26.5. The van der Waals surface area contributed by atoms with Gasteiger partial charge in [0.15, 0.2) is 0 Å². The summed E-state index contributed by atoms with van der Waals surface area (Å²) in [7, 11) is 0. The van der Waals surface area contributed by atoms with E-state index in [0.717, 1.165) is 37.7 Å². The van der Waals surface area contributed by atoms with Crippen molar-refractivity contribution in [2.45, 2.75) is 104 Å². The van der Waals surface area contributed by atoms with E-state index in [1.165, 1.54) is 37.3 Å². The van der Waals surface area contributed by atoms with Gasteiger partial charge in [-0.05, 0) is 67.9 Å². The van der Waals surface area contributed by atoms with Gasteiger partial charge in [-0.3, -0.25) is 4.79 Å². The first-order valence-electron chi connectivity index (χ1n) is 16.2. The summed E-state index contributed by atoms with van der Waals surface area (Å²) in [5.41, 5.74) is 4.27. The number of benzene rings is 2. The Kier molecular flexibility index (Phi) is 9.93. The van der Waals surface area contributed by atoms with Crippen LogP contribution in [0.5, 0.6) is 5.75 Å². The largest absolute Gasteiger partial charge is 0.452 e. The fourth-order valence-electron chi connectivity index (χ4n) is 6.35. The number of unbranched alkanes of at least 4 members (excludes halogenated alkanes) is 1. The molecular weight excluding hydrogens is 553 g/mol. The molecule has 3 aliphatic rings. The first-order valence-corrected chi connectivity index (χ1v) is 16.2. The zero-order valence-electron chi connectivity index (χ0n) is 26.5. The summed E-state index contributed by atoms with van der Waals surface area (Å²) in [5.74, 6) is 5.59. The maximum atomic E-state index is 15.5. The molecule has 0 N–H and O–H groups in total. The smallest absolute Gasteiger partial charge is 0.345 e. The molecule has 44 heavy (non-hydrogen) atoms. The third kappa shape index (κ3) is 7.80. The number of fused-ring (bicyclic) bond motifs is 1. The molecule has 2 aromatic carbocycles. The van der Waals surface area contributed by atoms with Crippen LogP contribution in [-0.4, -0.2) is 17.7 Å². The molecule has 1 unspecified atom stereocenters. The number of anilines is 1. The fourth-order valence-corrected chi connectivity index (χ4v) is 6.35. The van der Waals surface area contributed by atoms with Crippen LogP contribution in [0.15, 0.2) is 59.7 Å². The van der Waals surface area contributed by atoms with Crippen molar-refractivity contribution in [2.24, 2.45) is 11.8 Å². The minimum atomic E-state index is -1.07. The van der Waals surface area contributed by atoms with Crippen molar-refractivity contribution in [3.8, 4) is 17.6 Å². The van der Waals surface area contributed by atoms with E-state index in [2.05, 4.69) is 37.8 Å². The van der Waals surface area contributed by atoms with Crippen molar-refractivity contribution in [3.63, 3.8) is 0 Å². The van der Waals surface area contributed by atoms with Crippen LogP contribution in [0.2, 0.25) is 0 Å². The van der Waals surface area contributed by atoms with Gasteiger partial charge in [-0.25, -0.2) is 9.18 Å². The number of carbonyl (C=O) groups is 2. The van der Waals surface area contributed by atoms with Crippen molar-refractivity contribution in [1.29, 1.82) is 0 Å². The summed E-state index contributed by atoms with van der Waals surface area (Å²) < 4.78 is 26.8. The number of carbonyl (C=O) groups excluding carboxylic acids is 2. The Labute approximate surface area is 261 Å². The molecule has 1 fully saturated rings. The summed E-state index contributed by atoms with van der Waals surface area (Å²) in [4.78, 5) is 28.0. The Hall–Kier alpha value is -3.85. The molecule has 1 atom stereocenters. The lowest BCUT2D eigenvalue weighted by Gasteiger charge is -2.32. The lowest BCUT2D eigenvalue weighted by atomic mass is 9.87. The summed E-state index contributed by atoms with van der Waals surface area (Å²) in [5, 5.41) is 0. The number of hydrogen-bond acceptors (Lipinski definition) is 4. The second kappa shape index (κ2) is 13.8. The van der Waals surface area contributed by atoms with Crippen LogP contribution >= 0.6 is 0 Å². The van der Waals surface area contributed by atoms with Crippen LogP contribution in [0.1, 0.15) is 113 Å². The molecule has 2 aliphatic carbocycles. The Bertz CT molecular complexity index is 1520. The van der Waals surface area contributed by atoms with Crippen molar-refractivity contribution in [1.82, 2.24) is 0 Å². The Morgan fingerprint density at radius 1 is 1.07 bits per heavy atom. The molecule has 5 nitrogen and oxygen atoms in total. The summed E-state index contributed by atoms with van der Waals surface area (Å²) in [6.45, 7) is 7.78. The standard InChI is InChI=1S/C38H44FNO4/c1-5-6-9-28-12-16-30(26(2)22-28)17-13-29-14-18-31(34(39)23-29)25-40(36(41)21-15-27-10-7-8-11-27)32-19-20-35-33(24-32)37(42)44-38(3,4)43-35/h12,14,16,18-20,23-24,26-27H,5-11,15,21-22,25H2,1-4H3. The summed E-state index contributed by atoms with van der Waals surface area (Å²) >= 11 is 0. The Morgan fingerprint density at radius 2 is 1.86 bits per heavy atom. The summed E-state index contributed by atoms with van der Waals surface area (Å²) in [6, 6.07) is 10.0. The number of amides is 1. The molecule has 1 amide bonds. The molecule has 6 heteroatoms. The molecule has 5 rings (SSSR count). The van der Waals surface area contributed by atoms with Crippen LogP contribution in [0.3, 0.4) is 0 Å². The maximum absolute atomic E-state index is 15.5. The lowest BCUT2D eigenvalue weighted by molar-refractivity contribution is -0.127. The van der Waals surface area contributed by atoms with Crippen molar-refractivity contribution >= 4 is 17.6 Å². The van der Waals surface area contributed by atoms with Crippen LogP contribution < -0.4 is 9.64 Å². The van der Waals surface area contributed by atoms with E-state index in [-0.39, 0.29) is 18.0 Å². The SMILES string of the molecule is CCCCC1=CC=C(C#Cc2ccc(CN(C(=O)CCC3CCCC3)c3ccc4c(c3)C(=O)OC(C)(C)O4)c(F)c2)C(C)C1. The molecule has 0 bridgehead atoms. The molecule has 232 valence electrons. The van der Waals surface area contributed by atoms with Gasteiger partial charge in [0.2, 0.25) is 11.7 Å². The van der Waals surface area contributed by atoms with Crippen LogP contribution in [0.25, 0.3) is 0 Å². The van der Waals surface area contributed by atoms with Crippen LogP contribution in [0, 0.1) is 29.5 Å². The Morgan fingerprint density at radius 3 is 2.59 bits per heavy atom. The van der Waals surface area contributed by atoms with Gasteiger partial charge in [0.05, 0.1) is 6.54 Å². The van der Waals surface area contributed by atoms with E-state index in [1.54, 1.807) is 43.0 Å². The number of halogens is 1. The molecular formula is C38H44FNO4. The van der Waals surface area contributed by atoms with E-state index >= 15 is 4.39 Å². The quantitative estimate of drug-likeness (QED) is 0.214. The number of nitrogens with zero attached hydrogens (tertiary/aromatic N) is 1. The van der Waals surface area contributed by atoms with E-state index in [9.17, 15) is 9.59 Å². The average Bonchev–Trinajstić information content (AvgIpc) is 3.51. The number of cyclic esters (lactones) is 1. The molecule has 0 saturated heterocycles. The van der Waals surface area contributed by atoms with Gasteiger partial charge in [0, 0.05) is 42.7 Å². The number of esters is 1. The van der Waals surface area contributed by atoms with Gasteiger partial charge in [0.1, 0.15) is 17.1 Å². The molecule has 0 aromatic heterocycles. The molecule has 1 saturated carbocycles. The summed E-state index contributed by atoms with van der Waals surface area (Å²) in [6.07, 6.45) is 14.7. The molecule has 1 aliphatic heterocycles. The molecule has 2 aromatic rings. The highest BCUT2D eigenvalue weighted by atomic mass is 19.1. The highest BCUT2D eigenvalue weighted by molar-refractivity contribution is 5.98. The lowest BCUT2D eigenvalue weighted by Crippen LogP contribution is -2.39. The highest BCUT2D eigenvalue weighted by Gasteiger charge is 2.34. The predicted octanol–water partition coefficient (Wildman–Crippen LogP) is 9.05. The molecule has 1 heterocycles. The van der Waals surface area contributed by atoms with Gasteiger partial charge in [0.25, 0.3) is 0 Å². The second-order valence-corrected chi connectivity index (χ2v) is 13.0. The average molecular weight is 598 g/mol. The predicted molar refractivity (Wildman–Crippen MR) is 172 cm³/mol. The topological polar surface area (TPSA) is 55.8 Å². The minimum absolute atomic E-state index is 0.0384. The molecule has 0 radical (unpaired) electrons. The van der Waals surface area contributed by atoms with Crippen molar-refractivity contribution < 1.29 is 23.5 Å². The third-order valence-electron chi connectivity index (χ3n) is 8.91. The van der Waals surface area contributed by atoms with E-state index in [4.69, 9.17) is 9.47 Å². The monoisotopic (exact) mass is 597 g/mol. The van der Waals surface area contributed by atoms with Gasteiger partial charge in [-0.2, -0.15) is 0 Å². The second-order valence-electron chi connectivity index (χ2n) is 13.0. The third-order valence-corrected chi connectivity index (χ3v) is 8.91. The Balaban J connectivity index is 1.36. The molecule has 0 spiro atoms. The van der Waals surface area contributed by atoms with Crippen molar-refractivity contribution in [2.75, 3.05) is 4.90 Å². The first-order chi connectivity index (χ1) is 21.1. The van der Waals surface area contributed by atoms with Crippen LogP contribution in [0.4, 0.5) is 10.1 Å². The van der Waals surface area contributed by atoms with E-state index < -0.39 is 17.6 Å². The number of hydrogen-bond donors (Lipinski definition) is 0. The zero-order chi connectivity index (χ0) is 31.3. The number of rotatable bonds is 9. The van der Waals surface area contributed by atoms with E-state index in [1.807, 2.05) is 6.07 Å². The van der Waals surface area contributed by atoms with Crippen molar-refractivity contribution in [3.05, 3.63) is 82.2 Å². The fraction of sp³-hybridized carbons (Fsp3) is 0.474. The van der Waals surface area contributed by atoms with Gasteiger partial charge >= 0.3 is 5.97 Å². The van der Waals surface area contributed by atoms with Gasteiger partial charge in [-0.15, -0.1) is 0 Å².